The van der Waals surface area contributed by atoms with Crippen LogP contribution in [0.1, 0.15) is 37.7 Å². The SMILES string of the molecule is Cc1nn(C)cc1-c1cncn1CCCn1ccnc1C(C)C. The zero-order valence-electron chi connectivity index (χ0n) is 14.3. The second-order valence-electron chi connectivity index (χ2n) is 6.26. The summed E-state index contributed by atoms with van der Waals surface area (Å²) >= 11 is 0. The lowest BCUT2D eigenvalue weighted by Crippen LogP contribution is -2.08. The summed E-state index contributed by atoms with van der Waals surface area (Å²) in [7, 11) is 1.95. The molecule has 0 aliphatic rings. The first kappa shape index (κ1) is 15.5. The molecule has 0 saturated heterocycles. The summed E-state index contributed by atoms with van der Waals surface area (Å²) in [5, 5.41) is 4.42. The Morgan fingerprint density at radius 1 is 1.17 bits per heavy atom. The third kappa shape index (κ3) is 3.21. The van der Waals surface area contributed by atoms with E-state index in [4.69, 9.17) is 0 Å². The van der Waals surface area contributed by atoms with E-state index >= 15 is 0 Å². The van der Waals surface area contributed by atoms with Crippen LogP contribution in [0.2, 0.25) is 0 Å². The molecule has 6 heteroatoms. The van der Waals surface area contributed by atoms with Crippen LogP contribution in [0.3, 0.4) is 0 Å². The fraction of sp³-hybridized carbons (Fsp3) is 0.471. The number of hydrogen-bond acceptors (Lipinski definition) is 3. The summed E-state index contributed by atoms with van der Waals surface area (Å²) < 4.78 is 6.30. The van der Waals surface area contributed by atoms with E-state index in [1.54, 1.807) is 0 Å². The highest BCUT2D eigenvalue weighted by molar-refractivity contribution is 5.60. The lowest BCUT2D eigenvalue weighted by atomic mass is 10.2. The molecular formula is C17H24N6. The minimum atomic E-state index is 0.451. The summed E-state index contributed by atoms with van der Waals surface area (Å²) in [6.45, 7) is 8.29. The molecule has 3 aromatic rings. The maximum Gasteiger partial charge on any atom is 0.111 e. The Kier molecular flexibility index (Phi) is 4.32. The first-order chi connectivity index (χ1) is 11.1. The summed E-state index contributed by atoms with van der Waals surface area (Å²) in [5.74, 6) is 1.60. The van der Waals surface area contributed by atoms with E-state index in [1.165, 1.54) is 0 Å². The lowest BCUT2D eigenvalue weighted by Gasteiger charge is -2.11. The van der Waals surface area contributed by atoms with Gasteiger partial charge in [0, 0.05) is 50.2 Å². The van der Waals surface area contributed by atoms with Crippen molar-refractivity contribution in [1.82, 2.24) is 28.9 Å². The second-order valence-corrected chi connectivity index (χ2v) is 6.26. The number of aromatic nitrogens is 6. The summed E-state index contributed by atoms with van der Waals surface area (Å²) in [5.41, 5.74) is 3.31. The molecule has 0 amide bonds. The van der Waals surface area contributed by atoms with E-state index in [1.807, 2.05) is 37.4 Å². The van der Waals surface area contributed by atoms with Gasteiger partial charge in [-0.2, -0.15) is 5.10 Å². The zero-order chi connectivity index (χ0) is 16.4. The molecule has 0 fully saturated rings. The average molecular weight is 312 g/mol. The van der Waals surface area contributed by atoms with Gasteiger partial charge in [0.15, 0.2) is 0 Å². The largest absolute Gasteiger partial charge is 0.335 e. The predicted octanol–water partition coefficient (Wildman–Crippen LogP) is 3.00. The molecule has 0 saturated carbocycles. The van der Waals surface area contributed by atoms with Gasteiger partial charge in [-0.3, -0.25) is 4.68 Å². The van der Waals surface area contributed by atoms with Crippen molar-refractivity contribution < 1.29 is 0 Å². The topological polar surface area (TPSA) is 53.5 Å². The van der Waals surface area contributed by atoms with Gasteiger partial charge in [0.1, 0.15) is 5.82 Å². The van der Waals surface area contributed by atoms with Gasteiger partial charge in [0.2, 0.25) is 0 Å². The van der Waals surface area contributed by atoms with Crippen molar-refractivity contribution in [2.45, 2.75) is 46.2 Å². The fourth-order valence-electron chi connectivity index (χ4n) is 3.00. The van der Waals surface area contributed by atoms with Crippen molar-refractivity contribution >= 4 is 0 Å². The molecule has 3 rings (SSSR count). The third-order valence-electron chi connectivity index (χ3n) is 4.06. The van der Waals surface area contributed by atoms with Gasteiger partial charge >= 0.3 is 0 Å². The van der Waals surface area contributed by atoms with Crippen LogP contribution in [-0.4, -0.2) is 28.9 Å². The van der Waals surface area contributed by atoms with E-state index in [0.717, 1.165) is 42.3 Å². The fourth-order valence-corrected chi connectivity index (χ4v) is 3.00. The average Bonchev–Trinajstić information content (AvgIpc) is 3.19. The maximum absolute atomic E-state index is 4.44. The summed E-state index contributed by atoms with van der Waals surface area (Å²) in [4.78, 5) is 8.76. The highest BCUT2D eigenvalue weighted by Crippen LogP contribution is 2.22. The van der Waals surface area contributed by atoms with Crippen molar-refractivity contribution in [3.8, 4) is 11.3 Å². The molecule has 0 spiro atoms. The van der Waals surface area contributed by atoms with Gasteiger partial charge < -0.3 is 9.13 Å². The standard InChI is InChI=1S/C17H24N6/c1-13(2)17-19-6-9-22(17)7-5-8-23-12-18-10-16(23)15-11-21(4)20-14(15)3/h6,9-13H,5,7-8H2,1-4H3. The molecule has 0 aromatic carbocycles. The molecule has 6 nitrogen and oxygen atoms in total. The van der Waals surface area contributed by atoms with Crippen LogP contribution < -0.4 is 0 Å². The van der Waals surface area contributed by atoms with Crippen LogP contribution in [-0.2, 0) is 20.1 Å². The Labute approximate surface area is 136 Å². The van der Waals surface area contributed by atoms with Gasteiger partial charge in [-0.05, 0) is 13.3 Å². The third-order valence-corrected chi connectivity index (χ3v) is 4.06. The smallest absolute Gasteiger partial charge is 0.111 e. The Bertz CT molecular complexity index is 777. The molecule has 23 heavy (non-hydrogen) atoms. The summed E-state index contributed by atoms with van der Waals surface area (Å²) in [6, 6.07) is 0. The number of imidazole rings is 2. The van der Waals surface area contributed by atoms with Crippen LogP contribution >= 0.6 is 0 Å². The molecule has 0 aliphatic carbocycles. The van der Waals surface area contributed by atoms with Crippen LogP contribution in [0.25, 0.3) is 11.3 Å². The van der Waals surface area contributed by atoms with E-state index < -0.39 is 0 Å². The number of aryl methyl sites for hydroxylation is 4. The molecule has 3 aromatic heterocycles. The Balaban J connectivity index is 1.69. The normalized spacial score (nSPS) is 11.5. The van der Waals surface area contributed by atoms with Crippen LogP contribution in [0.4, 0.5) is 0 Å². The quantitative estimate of drug-likeness (QED) is 0.703. The van der Waals surface area contributed by atoms with Gasteiger partial charge in [0.25, 0.3) is 0 Å². The van der Waals surface area contributed by atoms with Gasteiger partial charge in [0.05, 0.1) is 23.9 Å². The maximum atomic E-state index is 4.44. The van der Waals surface area contributed by atoms with E-state index in [9.17, 15) is 0 Å². The van der Waals surface area contributed by atoms with Crippen LogP contribution in [0, 0.1) is 6.92 Å². The van der Waals surface area contributed by atoms with Gasteiger partial charge in [-0.15, -0.1) is 0 Å². The molecule has 0 unspecified atom stereocenters. The minimum absolute atomic E-state index is 0.451. The highest BCUT2D eigenvalue weighted by atomic mass is 15.3. The zero-order valence-corrected chi connectivity index (χ0v) is 14.3. The van der Waals surface area contributed by atoms with Crippen molar-refractivity contribution in [3.63, 3.8) is 0 Å². The van der Waals surface area contributed by atoms with Crippen molar-refractivity contribution in [1.29, 1.82) is 0 Å². The molecular weight excluding hydrogens is 288 g/mol. The van der Waals surface area contributed by atoms with Crippen molar-refractivity contribution in [2.75, 3.05) is 0 Å². The molecule has 0 N–H and O–H groups in total. The Morgan fingerprint density at radius 2 is 1.96 bits per heavy atom. The summed E-state index contributed by atoms with van der Waals surface area (Å²) in [6.07, 6.45) is 10.9. The molecule has 0 atom stereocenters. The molecule has 0 bridgehead atoms. The number of nitrogens with zero attached hydrogens (tertiary/aromatic N) is 6. The first-order valence-electron chi connectivity index (χ1n) is 8.08. The first-order valence-corrected chi connectivity index (χ1v) is 8.08. The Morgan fingerprint density at radius 3 is 2.65 bits per heavy atom. The monoisotopic (exact) mass is 312 g/mol. The molecule has 122 valence electrons. The van der Waals surface area contributed by atoms with Crippen molar-refractivity contribution in [3.05, 3.63) is 42.6 Å². The molecule has 0 aliphatic heterocycles. The minimum Gasteiger partial charge on any atom is -0.335 e. The second kappa shape index (κ2) is 6.40. The van der Waals surface area contributed by atoms with E-state index in [0.29, 0.717) is 5.92 Å². The number of rotatable bonds is 6. The molecule has 3 heterocycles. The van der Waals surface area contributed by atoms with Gasteiger partial charge in [-0.1, -0.05) is 13.8 Å². The highest BCUT2D eigenvalue weighted by Gasteiger charge is 2.11. The van der Waals surface area contributed by atoms with Crippen molar-refractivity contribution in [2.24, 2.45) is 7.05 Å². The van der Waals surface area contributed by atoms with Gasteiger partial charge in [-0.25, -0.2) is 9.97 Å². The van der Waals surface area contributed by atoms with E-state index in [2.05, 4.69) is 50.4 Å². The van der Waals surface area contributed by atoms with Crippen LogP contribution in [0.15, 0.2) is 31.1 Å². The number of hydrogen-bond donors (Lipinski definition) is 0. The van der Waals surface area contributed by atoms with Crippen LogP contribution in [0.5, 0.6) is 0 Å². The Hall–Kier alpha value is -2.37. The van der Waals surface area contributed by atoms with E-state index in [-0.39, 0.29) is 0 Å². The predicted molar refractivity (Wildman–Crippen MR) is 90.1 cm³/mol. The molecule has 0 radical (unpaired) electrons. The lowest BCUT2D eigenvalue weighted by molar-refractivity contribution is 0.540.